The summed E-state index contributed by atoms with van der Waals surface area (Å²) in [5.74, 6) is 1.90. The van der Waals surface area contributed by atoms with E-state index in [1.165, 1.54) is 5.56 Å². The minimum absolute atomic E-state index is 0.249. The molecule has 39 heavy (non-hydrogen) atoms. The van der Waals surface area contributed by atoms with E-state index in [1.807, 2.05) is 0 Å². The van der Waals surface area contributed by atoms with Crippen LogP contribution in [0.15, 0.2) is 36.7 Å². The van der Waals surface area contributed by atoms with Crippen molar-refractivity contribution in [3.05, 3.63) is 47.8 Å². The third kappa shape index (κ3) is 5.70. The molecule has 3 aliphatic heterocycles. The lowest BCUT2D eigenvalue weighted by molar-refractivity contribution is -0.109. The van der Waals surface area contributed by atoms with Gasteiger partial charge in [0.15, 0.2) is 0 Å². The minimum atomic E-state index is 0.249. The van der Waals surface area contributed by atoms with Crippen molar-refractivity contribution in [3.8, 4) is 11.3 Å². The molecular formula is C28H35N9O2. The summed E-state index contributed by atoms with van der Waals surface area (Å²) in [6.45, 7) is 9.16. The number of aromatic nitrogens is 4. The highest BCUT2D eigenvalue weighted by Crippen LogP contribution is 2.39. The summed E-state index contributed by atoms with van der Waals surface area (Å²) in [5, 5.41) is 0. The van der Waals surface area contributed by atoms with Crippen LogP contribution in [0.3, 0.4) is 0 Å². The van der Waals surface area contributed by atoms with E-state index in [0.717, 1.165) is 99.8 Å². The maximum absolute atomic E-state index is 10.8. The maximum atomic E-state index is 10.8. The summed E-state index contributed by atoms with van der Waals surface area (Å²) in [4.78, 5) is 38.5. The molecule has 0 aliphatic carbocycles. The van der Waals surface area contributed by atoms with Gasteiger partial charge >= 0.3 is 0 Å². The van der Waals surface area contributed by atoms with E-state index in [2.05, 4.69) is 53.8 Å². The molecule has 2 aromatic heterocycles. The Morgan fingerprint density at radius 1 is 0.949 bits per heavy atom. The molecule has 0 atom stereocenters. The average molecular weight is 530 g/mol. The smallest absolute Gasteiger partial charge is 0.228 e. The Bertz CT molecular complexity index is 1290. The van der Waals surface area contributed by atoms with Crippen molar-refractivity contribution >= 4 is 29.7 Å². The van der Waals surface area contributed by atoms with Crippen molar-refractivity contribution in [2.24, 2.45) is 0 Å². The third-order valence-electron chi connectivity index (χ3n) is 7.79. The fourth-order valence-corrected chi connectivity index (χ4v) is 5.57. The van der Waals surface area contributed by atoms with Crippen LogP contribution in [-0.2, 0) is 22.4 Å². The molecule has 2 fully saturated rings. The standard InChI is InChI=1S/C28H35N9O2/c29-27-30-19-22(20-31-27)25-24-5-7-37(26(24)33-28(32-25)36-13-16-39-17-14-36)23-3-1-2-21(18-23)4-6-34-8-10-35(11-9-34)12-15-38/h1-3,15,18-20H,4-14,16-17H2,(H2,29,30,31). The number of morpholine rings is 1. The number of nitrogens with two attached hydrogens (primary N) is 1. The highest BCUT2D eigenvalue weighted by Gasteiger charge is 2.29. The first-order valence-electron chi connectivity index (χ1n) is 13.7. The van der Waals surface area contributed by atoms with E-state index >= 15 is 0 Å². The number of anilines is 4. The minimum Gasteiger partial charge on any atom is -0.378 e. The van der Waals surface area contributed by atoms with Crippen molar-refractivity contribution in [2.45, 2.75) is 12.8 Å². The maximum Gasteiger partial charge on any atom is 0.228 e. The quantitative estimate of drug-likeness (QED) is 0.427. The lowest BCUT2D eigenvalue weighted by Gasteiger charge is -2.33. The number of nitrogens with zero attached hydrogens (tertiary/aromatic N) is 8. The predicted molar refractivity (Wildman–Crippen MR) is 150 cm³/mol. The summed E-state index contributed by atoms with van der Waals surface area (Å²) in [5.41, 5.74) is 11.0. The Kier molecular flexibility index (Phi) is 7.62. The van der Waals surface area contributed by atoms with Gasteiger partial charge in [-0.25, -0.2) is 15.0 Å². The van der Waals surface area contributed by atoms with Gasteiger partial charge in [0.25, 0.3) is 0 Å². The van der Waals surface area contributed by atoms with Crippen LogP contribution in [0.1, 0.15) is 11.1 Å². The molecule has 0 unspecified atom stereocenters. The summed E-state index contributed by atoms with van der Waals surface area (Å²) < 4.78 is 5.57. The van der Waals surface area contributed by atoms with Crippen LogP contribution in [0.4, 0.5) is 23.4 Å². The van der Waals surface area contributed by atoms with Crippen molar-refractivity contribution in [3.63, 3.8) is 0 Å². The highest BCUT2D eigenvalue weighted by molar-refractivity contribution is 5.76. The average Bonchev–Trinajstić information content (AvgIpc) is 3.42. The number of piperazine rings is 1. The molecule has 0 saturated carbocycles. The van der Waals surface area contributed by atoms with Crippen molar-refractivity contribution in [1.29, 1.82) is 0 Å². The van der Waals surface area contributed by atoms with Crippen molar-refractivity contribution < 1.29 is 9.53 Å². The first-order chi connectivity index (χ1) is 19.2. The molecule has 5 heterocycles. The zero-order valence-corrected chi connectivity index (χ0v) is 22.2. The molecule has 0 bridgehead atoms. The summed E-state index contributed by atoms with van der Waals surface area (Å²) >= 11 is 0. The molecule has 3 aromatic rings. The lowest BCUT2D eigenvalue weighted by Crippen LogP contribution is -2.47. The summed E-state index contributed by atoms with van der Waals surface area (Å²) in [6.07, 6.45) is 6.32. The van der Waals surface area contributed by atoms with Gasteiger partial charge in [-0.3, -0.25) is 4.90 Å². The monoisotopic (exact) mass is 529 g/mol. The normalized spacial score (nSPS) is 18.4. The highest BCUT2D eigenvalue weighted by atomic mass is 16.5. The molecule has 11 nitrogen and oxygen atoms in total. The van der Waals surface area contributed by atoms with E-state index in [-0.39, 0.29) is 5.95 Å². The number of hydrogen-bond acceptors (Lipinski definition) is 11. The molecule has 2 saturated heterocycles. The van der Waals surface area contributed by atoms with Gasteiger partial charge in [0, 0.05) is 81.6 Å². The zero-order valence-electron chi connectivity index (χ0n) is 22.2. The van der Waals surface area contributed by atoms with Gasteiger partial charge < -0.3 is 30.0 Å². The number of carbonyl (C=O) groups is 1. The van der Waals surface area contributed by atoms with Crippen molar-refractivity contribution in [2.75, 3.05) is 87.7 Å². The molecule has 11 heteroatoms. The third-order valence-corrected chi connectivity index (χ3v) is 7.79. The van der Waals surface area contributed by atoms with Crippen LogP contribution < -0.4 is 15.5 Å². The molecule has 6 rings (SSSR count). The first kappa shape index (κ1) is 25.6. The number of hydrogen-bond donors (Lipinski definition) is 1. The Hall–Kier alpha value is -3.67. The fourth-order valence-electron chi connectivity index (χ4n) is 5.57. The Balaban J connectivity index is 1.24. The van der Waals surface area contributed by atoms with E-state index in [4.69, 9.17) is 20.4 Å². The Morgan fingerprint density at radius 2 is 1.72 bits per heavy atom. The molecule has 0 spiro atoms. The number of nitrogen functional groups attached to an aromatic ring is 1. The number of rotatable bonds is 8. The number of aldehydes is 1. The second kappa shape index (κ2) is 11.6. The zero-order chi connectivity index (χ0) is 26.6. The summed E-state index contributed by atoms with van der Waals surface area (Å²) in [7, 11) is 0. The van der Waals surface area contributed by atoms with Crippen LogP contribution in [-0.4, -0.2) is 108 Å². The van der Waals surface area contributed by atoms with Gasteiger partial charge in [-0.1, -0.05) is 12.1 Å². The largest absolute Gasteiger partial charge is 0.378 e. The molecule has 0 radical (unpaired) electrons. The number of ether oxygens (including phenoxy) is 1. The first-order valence-corrected chi connectivity index (χ1v) is 13.7. The van der Waals surface area contributed by atoms with Gasteiger partial charge in [0.1, 0.15) is 12.1 Å². The fraction of sp³-hybridized carbons (Fsp3) is 0.464. The molecule has 1 aromatic carbocycles. The Labute approximate surface area is 228 Å². The topological polar surface area (TPSA) is 117 Å². The lowest BCUT2D eigenvalue weighted by atomic mass is 10.1. The molecular weight excluding hydrogens is 494 g/mol. The van der Waals surface area contributed by atoms with Crippen molar-refractivity contribution in [1.82, 2.24) is 29.7 Å². The van der Waals surface area contributed by atoms with Crippen LogP contribution >= 0.6 is 0 Å². The van der Waals surface area contributed by atoms with Gasteiger partial charge in [-0.05, 0) is 30.5 Å². The van der Waals surface area contributed by atoms with Gasteiger partial charge in [0.05, 0.1) is 25.5 Å². The second-order valence-electron chi connectivity index (χ2n) is 10.2. The van der Waals surface area contributed by atoms with Crippen LogP contribution in [0.5, 0.6) is 0 Å². The predicted octanol–water partition coefficient (Wildman–Crippen LogP) is 1.41. The molecule has 3 aliphatic rings. The van der Waals surface area contributed by atoms with Crippen LogP contribution in [0.25, 0.3) is 11.3 Å². The van der Waals surface area contributed by atoms with E-state index in [1.54, 1.807) is 12.4 Å². The van der Waals surface area contributed by atoms with E-state index in [0.29, 0.717) is 25.7 Å². The van der Waals surface area contributed by atoms with Gasteiger partial charge in [0.2, 0.25) is 11.9 Å². The number of carbonyl (C=O) groups excluding carboxylic acids is 1. The Morgan fingerprint density at radius 3 is 2.49 bits per heavy atom. The van der Waals surface area contributed by atoms with E-state index in [9.17, 15) is 4.79 Å². The van der Waals surface area contributed by atoms with Crippen LogP contribution in [0.2, 0.25) is 0 Å². The SMILES string of the molecule is Nc1ncc(-c2nc(N3CCOCC3)nc3c2CCN3c2cccc(CCN3CCN(CC=O)CC3)c2)cn1. The molecule has 0 amide bonds. The number of fused-ring (bicyclic) bond motifs is 1. The molecule has 204 valence electrons. The molecule has 2 N–H and O–H groups in total. The number of benzene rings is 1. The van der Waals surface area contributed by atoms with Crippen LogP contribution in [0, 0.1) is 0 Å². The van der Waals surface area contributed by atoms with Gasteiger partial charge in [-0.15, -0.1) is 0 Å². The van der Waals surface area contributed by atoms with Gasteiger partial charge in [-0.2, -0.15) is 4.98 Å². The second-order valence-corrected chi connectivity index (χ2v) is 10.2. The summed E-state index contributed by atoms with van der Waals surface area (Å²) in [6, 6.07) is 8.81. The van der Waals surface area contributed by atoms with E-state index < -0.39 is 0 Å².